The van der Waals surface area contributed by atoms with E-state index in [9.17, 15) is 4.79 Å². The molecule has 3 aromatic carbocycles. The lowest BCUT2D eigenvalue weighted by Gasteiger charge is -2.20. The molecule has 0 N–H and O–H groups in total. The number of hydrogen-bond donors (Lipinski definition) is 0. The first kappa shape index (κ1) is 34.2. The molecule has 1 aliphatic rings. The number of rotatable bonds is 15. The highest BCUT2D eigenvalue weighted by molar-refractivity contribution is 7.13. The first-order chi connectivity index (χ1) is 23.1. The van der Waals surface area contributed by atoms with Crippen LogP contribution < -0.4 is 4.74 Å². The third-order valence-electron chi connectivity index (χ3n) is 8.91. The summed E-state index contributed by atoms with van der Waals surface area (Å²) in [5.74, 6) is 8.05. The second-order valence-electron chi connectivity index (χ2n) is 12.2. The fourth-order valence-corrected chi connectivity index (χ4v) is 7.28. The lowest BCUT2D eigenvalue weighted by atomic mass is 9.88. The van der Waals surface area contributed by atoms with Crippen molar-refractivity contribution in [2.75, 3.05) is 14.2 Å². The number of carbonyl (C=O) groups excluding carboxylic acids is 1. The predicted molar refractivity (Wildman–Crippen MR) is 193 cm³/mol. The van der Waals surface area contributed by atoms with Gasteiger partial charge < -0.3 is 14.2 Å². The van der Waals surface area contributed by atoms with E-state index < -0.39 is 0 Å². The zero-order valence-corrected chi connectivity index (χ0v) is 28.7. The van der Waals surface area contributed by atoms with Crippen LogP contribution >= 0.6 is 11.3 Å². The Kier molecular flexibility index (Phi) is 12.9. The molecule has 0 bridgehead atoms. The maximum Gasteiger partial charge on any atom is 0.348 e. The molecule has 0 radical (unpaired) electrons. The van der Waals surface area contributed by atoms with Gasteiger partial charge in [0.05, 0.1) is 26.9 Å². The van der Waals surface area contributed by atoms with Gasteiger partial charge in [-0.05, 0) is 103 Å². The van der Waals surface area contributed by atoms with Crippen molar-refractivity contribution in [2.24, 2.45) is 5.92 Å². The van der Waals surface area contributed by atoms with E-state index in [0.29, 0.717) is 17.4 Å². The Hall–Kier alpha value is -4.11. The molecule has 2 atom stereocenters. The second kappa shape index (κ2) is 17.7. The van der Waals surface area contributed by atoms with Crippen LogP contribution in [0.25, 0.3) is 5.57 Å². The summed E-state index contributed by atoms with van der Waals surface area (Å²) in [6, 6.07) is 31.4. The van der Waals surface area contributed by atoms with E-state index in [-0.39, 0.29) is 12.1 Å². The SMILES string of the molecule is CCCCCC(OCc1ccc(OC)cc1)c1ccc(C2=C(C#Cc3ccccc3)CC[C@@H]2CCCc2ccc(C(=O)OC)s2)cc1. The Labute approximate surface area is 284 Å². The molecule has 0 saturated carbocycles. The number of carbonyl (C=O) groups is 1. The molecular weight excluding hydrogens is 601 g/mol. The van der Waals surface area contributed by atoms with Crippen LogP contribution in [0.3, 0.4) is 0 Å². The number of unbranched alkanes of at least 4 members (excludes halogenated alkanes) is 2. The fourth-order valence-electron chi connectivity index (χ4n) is 6.31. The molecule has 0 saturated heterocycles. The lowest BCUT2D eigenvalue weighted by Crippen LogP contribution is -2.06. The first-order valence-corrected chi connectivity index (χ1v) is 17.7. The molecule has 1 aromatic heterocycles. The van der Waals surface area contributed by atoms with Crippen molar-refractivity contribution in [1.82, 2.24) is 0 Å². The Bertz CT molecular complexity index is 1660. The third-order valence-corrected chi connectivity index (χ3v) is 10.0. The van der Waals surface area contributed by atoms with E-state index in [1.807, 2.05) is 36.4 Å². The summed E-state index contributed by atoms with van der Waals surface area (Å²) in [6.07, 6.45) is 9.79. The summed E-state index contributed by atoms with van der Waals surface area (Å²) in [5.41, 5.74) is 7.33. The largest absolute Gasteiger partial charge is 0.497 e. The van der Waals surface area contributed by atoms with Crippen LogP contribution in [-0.2, 0) is 22.5 Å². The zero-order chi connectivity index (χ0) is 32.8. The van der Waals surface area contributed by atoms with Gasteiger partial charge in [-0.2, -0.15) is 0 Å². The molecule has 1 aliphatic carbocycles. The van der Waals surface area contributed by atoms with Gasteiger partial charge in [0.1, 0.15) is 10.6 Å². The minimum atomic E-state index is -0.258. The van der Waals surface area contributed by atoms with E-state index in [4.69, 9.17) is 14.2 Å². The van der Waals surface area contributed by atoms with Crippen molar-refractivity contribution in [1.29, 1.82) is 0 Å². The highest BCUT2D eigenvalue weighted by Crippen LogP contribution is 2.42. The summed E-state index contributed by atoms with van der Waals surface area (Å²) in [5, 5.41) is 0. The van der Waals surface area contributed by atoms with Crippen molar-refractivity contribution in [3.63, 3.8) is 0 Å². The van der Waals surface area contributed by atoms with E-state index in [2.05, 4.69) is 73.4 Å². The van der Waals surface area contributed by atoms with Gasteiger partial charge in [-0.3, -0.25) is 0 Å². The standard InChI is InChI=1S/C42H46O4S/c1-4-5-7-15-39(46-30-32-17-26-37(44-2)27-18-32)33-20-22-36(23-21-33)41-34(13-10-14-38-28-29-40(47-38)42(43)45-3)24-25-35(41)19-16-31-11-8-6-9-12-31/h6,8-9,11-12,17-18,20-23,26-29,34,39H,4-5,7,10,13-15,24-25,30H2,1-3H3/t34-,39?/m0/s1. The number of hydrogen-bond acceptors (Lipinski definition) is 5. The molecule has 0 fully saturated rings. The highest BCUT2D eigenvalue weighted by atomic mass is 32.1. The summed E-state index contributed by atoms with van der Waals surface area (Å²) >= 11 is 1.54. The molecule has 0 aliphatic heterocycles. The van der Waals surface area contributed by atoms with Gasteiger partial charge in [0.25, 0.3) is 0 Å². The van der Waals surface area contributed by atoms with E-state index in [1.165, 1.54) is 47.1 Å². The number of aryl methyl sites for hydroxylation is 1. The molecule has 0 spiro atoms. The Morgan fingerprint density at radius 3 is 2.40 bits per heavy atom. The minimum absolute atomic E-state index is 0.0454. The lowest BCUT2D eigenvalue weighted by molar-refractivity contribution is 0.0322. The van der Waals surface area contributed by atoms with Crippen LogP contribution in [-0.4, -0.2) is 20.2 Å². The molecular formula is C42H46O4S. The van der Waals surface area contributed by atoms with Crippen molar-refractivity contribution in [3.05, 3.63) is 129 Å². The molecule has 4 nitrogen and oxygen atoms in total. The average molecular weight is 647 g/mol. The Balaban J connectivity index is 1.34. The smallest absolute Gasteiger partial charge is 0.348 e. The molecule has 1 heterocycles. The van der Waals surface area contributed by atoms with Crippen LogP contribution in [0.5, 0.6) is 5.75 Å². The number of esters is 1. The predicted octanol–water partition coefficient (Wildman–Crippen LogP) is 10.6. The quantitative estimate of drug-likeness (QED) is 0.0732. The van der Waals surface area contributed by atoms with Gasteiger partial charge in [-0.25, -0.2) is 4.79 Å². The van der Waals surface area contributed by atoms with Crippen LogP contribution in [0.15, 0.2) is 96.6 Å². The first-order valence-electron chi connectivity index (χ1n) is 16.9. The number of allylic oxidation sites excluding steroid dienone is 2. The van der Waals surface area contributed by atoms with Gasteiger partial charge in [0, 0.05) is 16.0 Å². The number of benzene rings is 3. The van der Waals surface area contributed by atoms with Gasteiger partial charge in [0.15, 0.2) is 0 Å². The molecule has 5 heteroatoms. The summed E-state index contributed by atoms with van der Waals surface area (Å²) in [6.45, 7) is 2.81. The monoisotopic (exact) mass is 646 g/mol. The van der Waals surface area contributed by atoms with Crippen molar-refractivity contribution < 1.29 is 19.0 Å². The van der Waals surface area contributed by atoms with Gasteiger partial charge in [0.2, 0.25) is 0 Å². The second-order valence-corrected chi connectivity index (χ2v) is 13.3. The summed E-state index contributed by atoms with van der Waals surface area (Å²) < 4.78 is 16.8. The molecule has 244 valence electrons. The van der Waals surface area contributed by atoms with Crippen LogP contribution in [0, 0.1) is 17.8 Å². The Morgan fingerprint density at radius 1 is 0.894 bits per heavy atom. The van der Waals surface area contributed by atoms with Gasteiger partial charge in [-0.1, -0.05) is 92.6 Å². The van der Waals surface area contributed by atoms with Gasteiger partial charge >= 0.3 is 5.97 Å². The van der Waals surface area contributed by atoms with Crippen molar-refractivity contribution in [3.8, 4) is 17.6 Å². The zero-order valence-electron chi connectivity index (χ0n) is 27.9. The molecule has 5 rings (SSSR count). The fraction of sp³-hybridized carbons (Fsp3) is 0.357. The number of thiophene rings is 1. The van der Waals surface area contributed by atoms with Crippen molar-refractivity contribution >= 4 is 22.9 Å². The van der Waals surface area contributed by atoms with E-state index in [0.717, 1.165) is 61.8 Å². The van der Waals surface area contributed by atoms with Gasteiger partial charge in [-0.15, -0.1) is 11.3 Å². The highest BCUT2D eigenvalue weighted by Gasteiger charge is 2.26. The molecule has 1 unspecified atom stereocenters. The topological polar surface area (TPSA) is 44.8 Å². The number of ether oxygens (including phenoxy) is 3. The molecule has 0 amide bonds. The maximum atomic E-state index is 11.9. The van der Waals surface area contributed by atoms with Crippen molar-refractivity contribution in [2.45, 2.75) is 77.4 Å². The van der Waals surface area contributed by atoms with Crippen LogP contribution in [0.2, 0.25) is 0 Å². The third kappa shape index (κ3) is 9.70. The normalized spacial score (nSPS) is 14.8. The molecule has 4 aromatic rings. The van der Waals surface area contributed by atoms with Crippen LogP contribution in [0.1, 0.15) is 101 Å². The Morgan fingerprint density at radius 2 is 1.68 bits per heavy atom. The summed E-state index contributed by atoms with van der Waals surface area (Å²) in [7, 11) is 3.12. The average Bonchev–Trinajstić information content (AvgIpc) is 3.76. The molecule has 47 heavy (non-hydrogen) atoms. The van der Waals surface area contributed by atoms with Crippen LogP contribution in [0.4, 0.5) is 0 Å². The maximum absolute atomic E-state index is 11.9. The number of methoxy groups -OCH3 is 2. The summed E-state index contributed by atoms with van der Waals surface area (Å²) in [4.78, 5) is 13.8. The van der Waals surface area contributed by atoms with E-state index >= 15 is 0 Å². The van der Waals surface area contributed by atoms with E-state index in [1.54, 1.807) is 18.4 Å². The minimum Gasteiger partial charge on any atom is -0.497 e.